The monoisotopic (exact) mass is 724 g/mol. The van der Waals surface area contributed by atoms with Crippen molar-refractivity contribution in [2.45, 2.75) is 87.0 Å². The summed E-state index contributed by atoms with van der Waals surface area (Å²) in [7, 11) is -1.96. The van der Waals surface area contributed by atoms with Crippen LogP contribution in [-0.2, 0) is 14.8 Å². The van der Waals surface area contributed by atoms with E-state index >= 15 is 0 Å². The molecule has 0 amide bonds. The number of aryl methyl sites for hydroxylation is 3. The summed E-state index contributed by atoms with van der Waals surface area (Å²) in [5, 5.41) is 5.17. The molecule has 12 heteroatoms. The number of ether oxygens (including phenoxy) is 2. The molecule has 0 saturated carbocycles. The lowest BCUT2D eigenvalue weighted by molar-refractivity contribution is 0.146. The van der Waals surface area contributed by atoms with Crippen molar-refractivity contribution in [3.63, 3.8) is 0 Å². The van der Waals surface area contributed by atoms with E-state index in [1.165, 1.54) is 12.1 Å². The molecule has 0 unspecified atom stereocenters. The fraction of sp³-hybridized carbons (Fsp3) is 0.500. The van der Waals surface area contributed by atoms with Gasteiger partial charge in [-0.2, -0.15) is 5.10 Å². The molecule has 272 valence electrons. The maximum Gasteiger partial charge on any atom is 0.252 e. The molecule has 1 aliphatic heterocycles. The summed E-state index contributed by atoms with van der Waals surface area (Å²) >= 11 is 6.54. The Labute approximate surface area is 303 Å². The van der Waals surface area contributed by atoms with Crippen molar-refractivity contribution in [1.82, 2.24) is 9.78 Å². The van der Waals surface area contributed by atoms with Gasteiger partial charge in [0.05, 0.1) is 34.5 Å². The summed E-state index contributed by atoms with van der Waals surface area (Å²) in [6, 6.07) is 9.63. The number of nitrogens with zero attached hydrogens (tertiary/aromatic N) is 5. The number of aliphatic imine (C=N–C) groups is 2. The largest absolute Gasteiger partial charge is 0.490 e. The van der Waals surface area contributed by atoms with Crippen molar-refractivity contribution < 1.29 is 17.9 Å². The molecule has 0 fully saturated rings. The first-order valence-electron chi connectivity index (χ1n) is 17.7. The highest BCUT2D eigenvalue weighted by molar-refractivity contribution is 7.92. The Morgan fingerprint density at radius 3 is 2.30 bits per heavy atom. The number of nitrogens with one attached hydrogen (secondary N) is 1. The van der Waals surface area contributed by atoms with E-state index in [4.69, 9.17) is 31.1 Å². The highest BCUT2D eigenvalue weighted by atomic mass is 35.5. The van der Waals surface area contributed by atoms with Crippen LogP contribution in [0.15, 0.2) is 46.0 Å². The van der Waals surface area contributed by atoms with Gasteiger partial charge in [0, 0.05) is 37.1 Å². The quantitative estimate of drug-likeness (QED) is 0.132. The second-order valence-electron chi connectivity index (χ2n) is 12.7. The van der Waals surface area contributed by atoms with Crippen molar-refractivity contribution in [2.24, 2.45) is 9.98 Å². The summed E-state index contributed by atoms with van der Waals surface area (Å²) in [6.45, 7) is 16.9. The van der Waals surface area contributed by atoms with Gasteiger partial charge >= 0.3 is 0 Å². The Hall–Kier alpha value is -3.67. The zero-order valence-electron chi connectivity index (χ0n) is 30.9. The fourth-order valence-corrected chi connectivity index (χ4v) is 7.32. The average molecular weight is 725 g/mol. The number of aromatic nitrogens is 2. The lowest BCUT2D eigenvalue weighted by Crippen LogP contribution is -2.22. The number of anilines is 2. The summed E-state index contributed by atoms with van der Waals surface area (Å²) in [5.74, 6) is 0.934. The van der Waals surface area contributed by atoms with E-state index in [1.54, 1.807) is 30.0 Å². The molecule has 2 heterocycles. The molecule has 1 aliphatic rings. The van der Waals surface area contributed by atoms with Crippen molar-refractivity contribution in [3.8, 4) is 5.75 Å². The van der Waals surface area contributed by atoms with Crippen LogP contribution in [0.1, 0.15) is 92.9 Å². The predicted molar refractivity (Wildman–Crippen MR) is 208 cm³/mol. The van der Waals surface area contributed by atoms with E-state index in [1.807, 2.05) is 19.9 Å². The number of unbranched alkanes of at least 4 members (excludes halogenated alkanes) is 5. The Morgan fingerprint density at radius 2 is 1.64 bits per heavy atom. The van der Waals surface area contributed by atoms with Crippen LogP contribution in [0.3, 0.4) is 0 Å². The SMILES string of the molecule is CCCCCCCCS(=O)(=O)Nc1ccc(OCCOC)c(C2=NC(n3nc(C)c(Cl)c3C)=NC2=Cc2cc(C)c(N(CC)CC)cc2C)c1. The second kappa shape index (κ2) is 18.0. The standard InChI is InChI=1S/C38H53ClN6O4S/c1-9-12-13-14-15-16-21-50(46,47)43-31-17-18-35(49-20-19-48-8)32(25-31)37-33(40-38(41-37)45-29(7)36(39)28(6)42-45)24-30-22-27(5)34(23-26(30)4)44(10-2)11-3/h17-18,22-25,43H,9-16,19-21H2,1-8H3. The topological polar surface area (TPSA) is 110 Å². The average Bonchev–Trinajstić information content (AvgIpc) is 3.61. The van der Waals surface area contributed by atoms with Crippen molar-refractivity contribution >= 4 is 50.7 Å². The van der Waals surface area contributed by atoms with Crippen LogP contribution in [0.2, 0.25) is 5.02 Å². The lowest BCUT2D eigenvalue weighted by atomic mass is 9.99. The molecule has 50 heavy (non-hydrogen) atoms. The first-order valence-corrected chi connectivity index (χ1v) is 19.7. The van der Waals surface area contributed by atoms with E-state index in [2.05, 4.69) is 61.5 Å². The lowest BCUT2D eigenvalue weighted by Gasteiger charge is -2.24. The molecular formula is C38H53ClN6O4S. The Balaban J connectivity index is 1.80. The molecule has 0 bridgehead atoms. The van der Waals surface area contributed by atoms with E-state index in [-0.39, 0.29) is 5.75 Å². The number of allylic oxidation sites excluding steroid dienone is 1. The third-order valence-electron chi connectivity index (χ3n) is 8.87. The van der Waals surface area contributed by atoms with Crippen LogP contribution in [-0.4, -0.2) is 69.0 Å². The third-order valence-corrected chi connectivity index (χ3v) is 10.8. The molecule has 10 nitrogen and oxygen atoms in total. The molecule has 0 aliphatic carbocycles. The van der Waals surface area contributed by atoms with Crippen LogP contribution in [0, 0.1) is 27.7 Å². The van der Waals surface area contributed by atoms with E-state index in [0.29, 0.717) is 64.7 Å². The molecule has 0 radical (unpaired) electrons. The number of halogens is 1. The molecule has 0 saturated heterocycles. The van der Waals surface area contributed by atoms with Crippen LogP contribution < -0.4 is 14.4 Å². The van der Waals surface area contributed by atoms with Gasteiger partial charge in [0.2, 0.25) is 10.0 Å². The zero-order valence-corrected chi connectivity index (χ0v) is 32.5. The van der Waals surface area contributed by atoms with Gasteiger partial charge in [0.25, 0.3) is 5.96 Å². The van der Waals surface area contributed by atoms with Gasteiger partial charge in [-0.1, -0.05) is 50.6 Å². The van der Waals surface area contributed by atoms with Gasteiger partial charge in [-0.3, -0.25) is 4.72 Å². The molecule has 4 rings (SSSR count). The number of sulfonamides is 1. The van der Waals surface area contributed by atoms with Gasteiger partial charge in [-0.25, -0.2) is 23.1 Å². The smallest absolute Gasteiger partial charge is 0.252 e. The van der Waals surface area contributed by atoms with E-state index in [0.717, 1.165) is 61.2 Å². The van der Waals surface area contributed by atoms with Gasteiger partial charge in [0.15, 0.2) is 0 Å². The van der Waals surface area contributed by atoms with Crippen molar-refractivity contribution in [3.05, 3.63) is 74.7 Å². The minimum atomic E-state index is -3.58. The first-order chi connectivity index (χ1) is 23.9. The molecule has 1 N–H and O–H groups in total. The molecular weight excluding hydrogens is 672 g/mol. The van der Waals surface area contributed by atoms with Crippen LogP contribution in [0.5, 0.6) is 5.75 Å². The van der Waals surface area contributed by atoms with Crippen LogP contribution >= 0.6 is 11.6 Å². The zero-order chi connectivity index (χ0) is 36.4. The maximum atomic E-state index is 13.2. The van der Waals surface area contributed by atoms with E-state index < -0.39 is 10.0 Å². The highest BCUT2D eigenvalue weighted by Crippen LogP contribution is 2.33. The molecule has 0 spiro atoms. The normalized spacial score (nSPS) is 13.9. The van der Waals surface area contributed by atoms with Gasteiger partial charge in [0.1, 0.15) is 18.1 Å². The van der Waals surface area contributed by atoms with Crippen molar-refractivity contribution in [1.29, 1.82) is 0 Å². The predicted octanol–water partition coefficient (Wildman–Crippen LogP) is 8.49. The Kier molecular flexibility index (Phi) is 14.1. The van der Waals surface area contributed by atoms with Gasteiger partial charge < -0.3 is 14.4 Å². The van der Waals surface area contributed by atoms with Crippen LogP contribution in [0.25, 0.3) is 6.08 Å². The molecule has 1 aromatic heterocycles. The van der Waals surface area contributed by atoms with Gasteiger partial charge in [-0.15, -0.1) is 0 Å². The molecule has 2 aromatic carbocycles. The van der Waals surface area contributed by atoms with E-state index in [9.17, 15) is 8.42 Å². The van der Waals surface area contributed by atoms with Gasteiger partial charge in [-0.05, 0) is 101 Å². The maximum absolute atomic E-state index is 13.2. The Bertz CT molecular complexity index is 1840. The number of hydrogen-bond donors (Lipinski definition) is 1. The third kappa shape index (κ3) is 9.76. The number of rotatable bonds is 18. The summed E-state index contributed by atoms with van der Waals surface area (Å²) in [6.07, 6.45) is 8.00. The van der Waals surface area contributed by atoms with Crippen molar-refractivity contribution in [2.75, 3.05) is 48.8 Å². The number of hydrogen-bond acceptors (Lipinski definition) is 8. The van der Waals surface area contributed by atoms with Crippen LogP contribution in [0.4, 0.5) is 11.4 Å². The Morgan fingerprint density at radius 1 is 0.920 bits per heavy atom. The number of benzene rings is 2. The minimum Gasteiger partial charge on any atom is -0.490 e. The fourth-order valence-electron chi connectivity index (χ4n) is 6.03. The summed E-state index contributed by atoms with van der Waals surface area (Å²) in [5.41, 5.74) is 7.96. The molecule has 3 aromatic rings. The molecule has 0 atom stereocenters. The summed E-state index contributed by atoms with van der Waals surface area (Å²) in [4.78, 5) is 12.3. The summed E-state index contributed by atoms with van der Waals surface area (Å²) < 4.78 is 42.2. The highest BCUT2D eigenvalue weighted by Gasteiger charge is 2.26. The number of methoxy groups -OCH3 is 1. The second-order valence-corrected chi connectivity index (χ2v) is 14.9. The first kappa shape index (κ1) is 39.1. The minimum absolute atomic E-state index is 0.0563.